The molecule has 1 fully saturated rings. The Labute approximate surface area is 196 Å². The third kappa shape index (κ3) is 5.83. The summed E-state index contributed by atoms with van der Waals surface area (Å²) in [5.41, 5.74) is -1.72. The molecule has 0 saturated carbocycles. The van der Waals surface area contributed by atoms with Gasteiger partial charge in [0.05, 0.1) is 19.9 Å². The van der Waals surface area contributed by atoms with Crippen molar-refractivity contribution in [3.05, 3.63) is 48.2 Å². The maximum absolute atomic E-state index is 15.4. The molecule has 7 atom stereocenters. The average molecular weight is 501 g/mol. The fourth-order valence-corrected chi connectivity index (χ4v) is 5.77. The smallest absolute Gasteiger partial charge is 0.323 e. The van der Waals surface area contributed by atoms with Crippen LogP contribution in [0.5, 0.6) is 0 Å². The van der Waals surface area contributed by atoms with E-state index in [-0.39, 0.29) is 6.16 Å². The van der Waals surface area contributed by atoms with Crippen LogP contribution in [0.4, 0.5) is 4.39 Å². The summed E-state index contributed by atoms with van der Waals surface area (Å²) in [4.78, 5) is 24.3. The Bertz CT molecular complexity index is 963. The van der Waals surface area contributed by atoms with Crippen molar-refractivity contribution < 1.29 is 42.8 Å². The summed E-state index contributed by atoms with van der Waals surface area (Å²) < 4.78 is 45.0. The fraction of sp³-hybridized carbons (Fsp3) is 0.524. The molecular weight excluding hydrogens is 472 g/mol. The van der Waals surface area contributed by atoms with Crippen LogP contribution >= 0.6 is 7.52 Å². The van der Waals surface area contributed by atoms with Crippen LogP contribution < -0.4 is 10.4 Å². The van der Waals surface area contributed by atoms with Gasteiger partial charge in [0.25, 0.3) is 7.52 Å². The van der Waals surface area contributed by atoms with Crippen LogP contribution in [0.2, 0.25) is 0 Å². The van der Waals surface area contributed by atoms with Gasteiger partial charge in [-0.25, -0.2) is 9.48 Å². The highest BCUT2D eigenvalue weighted by molar-refractivity contribution is 7.56. The van der Waals surface area contributed by atoms with Gasteiger partial charge < -0.3 is 34.4 Å². The van der Waals surface area contributed by atoms with Crippen LogP contribution in [0.3, 0.4) is 0 Å². The first-order valence-corrected chi connectivity index (χ1v) is 12.4. The number of halogens is 1. The maximum Gasteiger partial charge on any atom is 0.323 e. The van der Waals surface area contributed by atoms with Crippen LogP contribution in [0.15, 0.2) is 42.6 Å². The second-order valence-corrected chi connectivity index (χ2v) is 10.4. The Kier molecular flexibility index (Phi) is 8.12. The van der Waals surface area contributed by atoms with E-state index in [2.05, 4.69) is 15.1 Å². The lowest BCUT2D eigenvalue weighted by atomic mass is 9.98. The van der Waals surface area contributed by atoms with Crippen LogP contribution in [0.1, 0.15) is 19.4 Å². The molecule has 1 saturated heterocycles. The number of nitrogens with one attached hydrogen (secondary N) is 2. The number of carbonyl (C=O) groups is 2. The number of rotatable bonds is 9. The molecule has 1 aromatic rings. The van der Waals surface area contributed by atoms with Gasteiger partial charge in [-0.1, -0.05) is 30.3 Å². The molecule has 188 valence electrons. The Morgan fingerprint density at radius 2 is 2.06 bits per heavy atom. The number of aliphatic hydroxyl groups is 2. The molecule has 2 aliphatic rings. The lowest BCUT2D eigenvalue weighted by Gasteiger charge is -2.37. The van der Waals surface area contributed by atoms with Crippen molar-refractivity contribution >= 4 is 19.4 Å². The summed E-state index contributed by atoms with van der Waals surface area (Å²) in [5, 5.41) is 25.5. The standard InChI is InChI=1S/C21H29FN3O8P/c1-13(18(28)31-3)24-34(30,12-14-7-5-4-6-8-14)32-11-15-17(27)21(2,22)19(33-15)25-10-9-16(26)23-20(25)29/h4-10,13,15,17,19-20,27,29H,11-12H2,1-3H3,(H,23,26)(H,24,30)/t13-,15+,17+,19+,20?,21+,34+/m0/s1. The van der Waals surface area contributed by atoms with Gasteiger partial charge in [0, 0.05) is 12.3 Å². The summed E-state index contributed by atoms with van der Waals surface area (Å²) in [6.07, 6.45) is -3.88. The molecule has 11 nitrogen and oxygen atoms in total. The summed E-state index contributed by atoms with van der Waals surface area (Å²) in [7, 11) is -2.56. The first-order valence-electron chi connectivity index (χ1n) is 10.6. The zero-order chi connectivity index (χ0) is 25.1. The molecule has 4 N–H and O–H groups in total. The zero-order valence-corrected chi connectivity index (χ0v) is 19.9. The number of alkyl halides is 1. The molecular formula is C21H29FN3O8P. The number of carbonyl (C=O) groups excluding carboxylic acids is 2. The van der Waals surface area contributed by atoms with Crippen molar-refractivity contribution in [3.8, 4) is 0 Å². The Morgan fingerprint density at radius 1 is 1.38 bits per heavy atom. The predicted octanol–water partition coefficient (Wildman–Crippen LogP) is 0.583. The van der Waals surface area contributed by atoms with E-state index in [1.165, 1.54) is 14.0 Å². The molecule has 1 amide bonds. The molecule has 0 bridgehead atoms. The first kappa shape index (κ1) is 26.3. The van der Waals surface area contributed by atoms with Gasteiger partial charge in [0.15, 0.2) is 11.9 Å². The minimum absolute atomic E-state index is 0.0894. The maximum atomic E-state index is 15.4. The number of methoxy groups -OCH3 is 1. The summed E-state index contributed by atoms with van der Waals surface area (Å²) >= 11 is 0. The number of amides is 1. The molecule has 0 spiro atoms. The van der Waals surface area contributed by atoms with Crippen LogP contribution in [-0.4, -0.2) is 77.2 Å². The van der Waals surface area contributed by atoms with E-state index in [0.29, 0.717) is 5.56 Å². The third-order valence-electron chi connectivity index (χ3n) is 5.57. The molecule has 1 unspecified atom stereocenters. The minimum atomic E-state index is -3.76. The van der Waals surface area contributed by atoms with E-state index in [1.54, 1.807) is 30.3 Å². The number of esters is 1. The Hall–Kier alpha value is -2.34. The largest absolute Gasteiger partial charge is 0.468 e. The first-order chi connectivity index (χ1) is 16.0. The van der Waals surface area contributed by atoms with Crippen LogP contribution in [0, 0.1) is 0 Å². The minimum Gasteiger partial charge on any atom is -0.468 e. The van der Waals surface area contributed by atoms with Gasteiger partial charge in [-0.15, -0.1) is 0 Å². The zero-order valence-electron chi connectivity index (χ0n) is 19.0. The number of aliphatic hydroxyl groups excluding tert-OH is 2. The van der Waals surface area contributed by atoms with E-state index in [4.69, 9.17) is 9.26 Å². The predicted molar refractivity (Wildman–Crippen MR) is 118 cm³/mol. The van der Waals surface area contributed by atoms with Crippen LogP contribution in [-0.2, 0) is 34.3 Å². The van der Waals surface area contributed by atoms with Crippen molar-refractivity contribution in [2.45, 2.75) is 56.5 Å². The molecule has 1 aromatic carbocycles. The van der Waals surface area contributed by atoms with Crippen molar-refractivity contribution in [1.82, 2.24) is 15.3 Å². The van der Waals surface area contributed by atoms with E-state index >= 15 is 4.39 Å². The molecule has 3 rings (SSSR count). The molecule has 13 heteroatoms. The van der Waals surface area contributed by atoms with Gasteiger partial charge in [-0.2, -0.15) is 0 Å². The normalized spacial score (nSPS) is 31.6. The van der Waals surface area contributed by atoms with Gasteiger partial charge in [0.1, 0.15) is 18.2 Å². The van der Waals surface area contributed by atoms with Crippen molar-refractivity contribution in [3.63, 3.8) is 0 Å². The quantitative estimate of drug-likeness (QED) is 0.280. The van der Waals surface area contributed by atoms with Gasteiger partial charge in [0.2, 0.25) is 12.3 Å². The number of hydrogen-bond donors (Lipinski definition) is 4. The van der Waals surface area contributed by atoms with E-state index in [9.17, 15) is 24.4 Å². The molecule has 0 aliphatic carbocycles. The highest BCUT2D eigenvalue weighted by Gasteiger charge is 2.57. The number of nitrogens with zero attached hydrogens (tertiary/aromatic N) is 1. The lowest BCUT2D eigenvalue weighted by Crippen LogP contribution is -2.58. The van der Waals surface area contributed by atoms with Gasteiger partial charge in [-0.3, -0.25) is 14.2 Å². The molecule has 2 heterocycles. The molecule has 2 aliphatic heterocycles. The lowest BCUT2D eigenvalue weighted by molar-refractivity contribution is -0.158. The topological polar surface area (TPSA) is 147 Å². The molecule has 0 radical (unpaired) electrons. The van der Waals surface area contributed by atoms with E-state index in [0.717, 1.165) is 24.1 Å². The van der Waals surface area contributed by atoms with Crippen molar-refractivity contribution in [2.24, 2.45) is 0 Å². The van der Waals surface area contributed by atoms with Crippen LogP contribution in [0.25, 0.3) is 0 Å². The monoisotopic (exact) mass is 501 g/mol. The second kappa shape index (κ2) is 10.5. The highest BCUT2D eigenvalue weighted by atomic mass is 31.2. The highest BCUT2D eigenvalue weighted by Crippen LogP contribution is 2.48. The summed E-state index contributed by atoms with van der Waals surface area (Å²) in [6.45, 7) is 2.06. The summed E-state index contributed by atoms with van der Waals surface area (Å²) in [6, 6.07) is 7.79. The fourth-order valence-electron chi connectivity index (χ4n) is 3.74. The van der Waals surface area contributed by atoms with E-state index in [1.807, 2.05) is 0 Å². The molecule has 0 aromatic heterocycles. The second-order valence-electron chi connectivity index (χ2n) is 8.26. The third-order valence-corrected chi connectivity index (χ3v) is 7.69. The van der Waals surface area contributed by atoms with Crippen molar-refractivity contribution in [2.75, 3.05) is 13.7 Å². The average Bonchev–Trinajstić information content (AvgIpc) is 3.01. The van der Waals surface area contributed by atoms with Crippen molar-refractivity contribution in [1.29, 1.82) is 0 Å². The number of benzene rings is 1. The van der Waals surface area contributed by atoms with E-state index < -0.39 is 62.5 Å². The number of ether oxygens (including phenoxy) is 2. The SMILES string of the molecule is COC(=O)[C@H](C)N[P@@](=O)(Cc1ccccc1)OC[C@H]1O[C@@H](N2C=CC(=O)NC2O)[C@](C)(F)[C@@H]1O. The van der Waals surface area contributed by atoms with Gasteiger partial charge >= 0.3 is 5.97 Å². The Morgan fingerprint density at radius 3 is 2.68 bits per heavy atom. The number of hydrogen-bond acceptors (Lipinski definition) is 9. The molecule has 34 heavy (non-hydrogen) atoms. The summed E-state index contributed by atoms with van der Waals surface area (Å²) in [5.74, 6) is -1.23. The van der Waals surface area contributed by atoms with Gasteiger partial charge in [-0.05, 0) is 19.4 Å². The Balaban J connectivity index is 1.76.